The number of nitro benzene ring substituents is 1. The summed E-state index contributed by atoms with van der Waals surface area (Å²) in [7, 11) is 0. The number of anilines is 2. The number of carbonyl (C=O) groups excluding carboxylic acids is 3. The summed E-state index contributed by atoms with van der Waals surface area (Å²) in [4.78, 5) is 49.4. The molecule has 0 radical (unpaired) electrons. The van der Waals surface area contributed by atoms with Crippen molar-refractivity contribution < 1.29 is 19.3 Å². The zero-order valence-corrected chi connectivity index (χ0v) is 17.0. The lowest BCUT2D eigenvalue weighted by molar-refractivity contribution is -0.384. The summed E-state index contributed by atoms with van der Waals surface area (Å²) in [6, 6.07) is 11.1. The number of nitrogens with zero attached hydrogens (tertiary/aromatic N) is 1. The Bertz CT molecular complexity index is 1340. The van der Waals surface area contributed by atoms with E-state index in [1.165, 1.54) is 30.3 Å². The van der Waals surface area contributed by atoms with Gasteiger partial charge in [-0.25, -0.2) is 0 Å². The van der Waals surface area contributed by atoms with E-state index in [0.717, 1.165) is 6.07 Å². The van der Waals surface area contributed by atoms with Gasteiger partial charge in [0.1, 0.15) is 0 Å². The smallest absolute Gasteiger partial charge is 0.270 e. The summed E-state index contributed by atoms with van der Waals surface area (Å²) in [6.07, 6.45) is 0. The highest BCUT2D eigenvalue weighted by Gasteiger charge is 2.36. The number of non-ortho nitro benzene ring substituents is 1. The molecule has 0 fully saturated rings. The molecule has 154 valence electrons. The van der Waals surface area contributed by atoms with Crippen LogP contribution in [0.3, 0.4) is 0 Å². The summed E-state index contributed by atoms with van der Waals surface area (Å²) in [5.41, 5.74) is 5.22. The number of amides is 1. The van der Waals surface area contributed by atoms with Crippen molar-refractivity contribution in [3.63, 3.8) is 0 Å². The minimum absolute atomic E-state index is 0.0538. The second-order valence-electron chi connectivity index (χ2n) is 6.63. The van der Waals surface area contributed by atoms with Crippen LogP contribution < -0.4 is 11.1 Å². The third kappa shape index (κ3) is 3.22. The molecule has 1 aliphatic rings. The van der Waals surface area contributed by atoms with Crippen molar-refractivity contribution in [1.29, 1.82) is 0 Å². The van der Waals surface area contributed by atoms with E-state index in [9.17, 15) is 24.5 Å². The lowest BCUT2D eigenvalue weighted by atomic mass is 9.82. The molecule has 10 heteroatoms. The Hall–Kier alpha value is -3.75. The van der Waals surface area contributed by atoms with Gasteiger partial charge in [-0.3, -0.25) is 24.5 Å². The van der Waals surface area contributed by atoms with E-state index < -0.39 is 22.4 Å². The van der Waals surface area contributed by atoms with E-state index in [4.69, 9.17) is 28.9 Å². The topological polar surface area (TPSA) is 132 Å². The number of nitrogens with two attached hydrogens (primary N) is 1. The van der Waals surface area contributed by atoms with Gasteiger partial charge in [-0.05, 0) is 6.07 Å². The summed E-state index contributed by atoms with van der Waals surface area (Å²) >= 11 is 12.5. The predicted molar refractivity (Wildman–Crippen MR) is 115 cm³/mol. The standard InChI is InChI=1S/C21H11Cl2N3O5/c22-15-16(23)18(25-21(29)9-4-3-5-10(8-9)26(30)31)14-13(17(15)24)19(27)11-6-1-2-7-12(11)20(14)28/h1-8H,24H2,(H,25,29). The molecular weight excluding hydrogens is 445 g/mol. The van der Waals surface area contributed by atoms with Crippen LogP contribution in [0, 0.1) is 10.1 Å². The number of fused-ring (bicyclic) bond motifs is 2. The zero-order valence-electron chi connectivity index (χ0n) is 15.4. The molecule has 1 amide bonds. The maximum Gasteiger partial charge on any atom is 0.270 e. The van der Waals surface area contributed by atoms with Crippen molar-refractivity contribution in [2.75, 3.05) is 11.1 Å². The molecule has 31 heavy (non-hydrogen) atoms. The van der Waals surface area contributed by atoms with Gasteiger partial charge in [0, 0.05) is 28.8 Å². The molecule has 0 spiro atoms. The number of hydrogen-bond donors (Lipinski definition) is 2. The highest BCUT2D eigenvalue weighted by Crippen LogP contribution is 2.45. The first-order chi connectivity index (χ1) is 14.7. The van der Waals surface area contributed by atoms with Gasteiger partial charge in [0.05, 0.1) is 37.5 Å². The highest BCUT2D eigenvalue weighted by molar-refractivity contribution is 6.48. The Labute approximate surface area is 184 Å². The molecule has 1 aliphatic carbocycles. The first-order valence-electron chi connectivity index (χ1n) is 8.77. The van der Waals surface area contributed by atoms with Gasteiger partial charge in [0.2, 0.25) is 0 Å². The molecule has 0 saturated carbocycles. The van der Waals surface area contributed by atoms with Gasteiger partial charge < -0.3 is 11.1 Å². The number of carbonyl (C=O) groups is 3. The SMILES string of the molecule is Nc1c(Cl)c(Cl)c(NC(=O)c2cccc([N+](=O)[O-])c2)c2c1C(=O)c1ccccc1C2=O. The van der Waals surface area contributed by atoms with Gasteiger partial charge in [-0.2, -0.15) is 0 Å². The number of rotatable bonds is 3. The number of ketones is 2. The summed E-state index contributed by atoms with van der Waals surface area (Å²) in [6.45, 7) is 0. The fourth-order valence-corrected chi connectivity index (χ4v) is 3.81. The molecule has 0 bridgehead atoms. The second-order valence-corrected chi connectivity index (χ2v) is 7.39. The van der Waals surface area contributed by atoms with Gasteiger partial charge in [0.25, 0.3) is 11.6 Å². The molecule has 3 aromatic carbocycles. The van der Waals surface area contributed by atoms with Crippen LogP contribution in [-0.4, -0.2) is 22.4 Å². The van der Waals surface area contributed by atoms with Gasteiger partial charge in [0.15, 0.2) is 11.6 Å². The van der Waals surface area contributed by atoms with Crippen LogP contribution in [0.15, 0.2) is 48.5 Å². The lowest BCUT2D eigenvalue weighted by Gasteiger charge is -2.24. The Morgan fingerprint density at radius 3 is 2.16 bits per heavy atom. The van der Waals surface area contributed by atoms with E-state index in [0.29, 0.717) is 0 Å². The van der Waals surface area contributed by atoms with Crippen LogP contribution in [0.25, 0.3) is 0 Å². The number of nitrogen functional groups attached to an aromatic ring is 1. The van der Waals surface area contributed by atoms with E-state index in [1.807, 2.05) is 0 Å². The molecular formula is C21H11Cl2N3O5. The first kappa shape index (κ1) is 20.5. The third-order valence-electron chi connectivity index (χ3n) is 4.85. The van der Waals surface area contributed by atoms with E-state index >= 15 is 0 Å². The lowest BCUT2D eigenvalue weighted by Crippen LogP contribution is -2.26. The van der Waals surface area contributed by atoms with E-state index in [1.54, 1.807) is 12.1 Å². The molecule has 3 aromatic rings. The van der Waals surface area contributed by atoms with Crippen molar-refractivity contribution in [3.05, 3.63) is 96.5 Å². The van der Waals surface area contributed by atoms with Crippen molar-refractivity contribution in [1.82, 2.24) is 0 Å². The predicted octanol–water partition coefficient (Wildman–Crippen LogP) is 4.51. The van der Waals surface area contributed by atoms with Crippen LogP contribution in [-0.2, 0) is 0 Å². The molecule has 0 aromatic heterocycles. The van der Waals surface area contributed by atoms with E-state index in [2.05, 4.69) is 5.32 Å². The van der Waals surface area contributed by atoms with Crippen molar-refractivity contribution in [2.45, 2.75) is 0 Å². The van der Waals surface area contributed by atoms with Crippen LogP contribution in [0.5, 0.6) is 0 Å². The number of nitrogens with one attached hydrogen (secondary N) is 1. The maximum atomic E-state index is 13.2. The summed E-state index contributed by atoms with van der Waals surface area (Å²) in [5.74, 6) is -1.88. The maximum absolute atomic E-state index is 13.2. The van der Waals surface area contributed by atoms with Gasteiger partial charge in [-0.1, -0.05) is 53.5 Å². The van der Waals surface area contributed by atoms with E-state index in [-0.39, 0.29) is 54.9 Å². The molecule has 0 aliphatic heterocycles. The Kier molecular flexibility index (Phi) is 4.96. The van der Waals surface area contributed by atoms with Crippen LogP contribution >= 0.6 is 23.2 Å². The second kappa shape index (κ2) is 7.50. The monoisotopic (exact) mass is 455 g/mol. The molecule has 0 unspecified atom stereocenters. The molecule has 0 heterocycles. The van der Waals surface area contributed by atoms with Crippen LogP contribution in [0.4, 0.5) is 17.1 Å². The average molecular weight is 456 g/mol. The summed E-state index contributed by atoms with van der Waals surface area (Å²) < 4.78 is 0. The Morgan fingerprint density at radius 1 is 0.935 bits per heavy atom. The third-order valence-corrected chi connectivity index (χ3v) is 5.71. The average Bonchev–Trinajstić information content (AvgIpc) is 2.77. The van der Waals surface area contributed by atoms with Crippen molar-refractivity contribution in [2.24, 2.45) is 0 Å². The highest BCUT2D eigenvalue weighted by atomic mass is 35.5. The van der Waals surface area contributed by atoms with Crippen molar-refractivity contribution in [3.8, 4) is 0 Å². The van der Waals surface area contributed by atoms with Crippen LogP contribution in [0.2, 0.25) is 10.0 Å². The van der Waals surface area contributed by atoms with Gasteiger partial charge in [-0.15, -0.1) is 0 Å². The number of benzene rings is 3. The van der Waals surface area contributed by atoms with Crippen molar-refractivity contribution >= 4 is 57.7 Å². The normalized spacial score (nSPS) is 12.2. The number of hydrogen-bond acceptors (Lipinski definition) is 6. The largest absolute Gasteiger partial charge is 0.397 e. The zero-order chi connectivity index (χ0) is 22.4. The minimum Gasteiger partial charge on any atom is -0.397 e. The summed E-state index contributed by atoms with van der Waals surface area (Å²) in [5, 5.41) is 13.0. The molecule has 0 atom stereocenters. The molecule has 3 N–H and O–H groups in total. The Balaban J connectivity index is 1.88. The first-order valence-corrected chi connectivity index (χ1v) is 9.52. The minimum atomic E-state index is -0.784. The number of nitro groups is 1. The molecule has 0 saturated heterocycles. The van der Waals surface area contributed by atoms with Gasteiger partial charge >= 0.3 is 0 Å². The fourth-order valence-electron chi connectivity index (χ4n) is 3.38. The van der Waals surface area contributed by atoms with Crippen LogP contribution in [0.1, 0.15) is 42.2 Å². The number of halogens is 2. The quantitative estimate of drug-likeness (QED) is 0.265. The Morgan fingerprint density at radius 2 is 1.55 bits per heavy atom. The molecule has 4 rings (SSSR count). The fraction of sp³-hybridized carbons (Fsp3) is 0. The molecule has 8 nitrogen and oxygen atoms in total.